The molecule has 0 saturated heterocycles. The quantitative estimate of drug-likeness (QED) is 0.541. The van der Waals surface area contributed by atoms with Gasteiger partial charge in [-0.1, -0.05) is 11.6 Å². The summed E-state index contributed by atoms with van der Waals surface area (Å²) in [6.45, 7) is 0. The molecule has 0 amide bonds. The van der Waals surface area contributed by atoms with E-state index in [9.17, 15) is 13.2 Å². The molecule has 0 aliphatic carbocycles. The summed E-state index contributed by atoms with van der Waals surface area (Å²) >= 11 is 5.76. The molecule has 1 heterocycles. The molecule has 0 spiro atoms. The van der Waals surface area contributed by atoms with Gasteiger partial charge in [0.2, 0.25) is 0 Å². The third kappa shape index (κ3) is 4.58. The second-order valence-corrected chi connectivity index (χ2v) is 6.12. The summed E-state index contributed by atoms with van der Waals surface area (Å²) in [6, 6.07) is 4.67. The van der Waals surface area contributed by atoms with Crippen LogP contribution in [-0.2, 0) is 30.4 Å². The number of hydrogen-bond donors (Lipinski definition) is 0. The van der Waals surface area contributed by atoms with Crippen LogP contribution in [0.1, 0.15) is 5.82 Å². The maximum absolute atomic E-state index is 12.8. The number of hydrogen-bond acceptors (Lipinski definition) is 3. The first-order valence-electron chi connectivity index (χ1n) is 5.44. The highest BCUT2D eigenvalue weighted by Gasteiger charge is 2.45. The van der Waals surface area contributed by atoms with Gasteiger partial charge < -0.3 is 4.55 Å². The van der Waals surface area contributed by atoms with Crippen molar-refractivity contribution in [2.75, 3.05) is 6.26 Å². The second kappa shape index (κ2) is 5.82. The van der Waals surface area contributed by atoms with Crippen LogP contribution in [-0.4, -0.2) is 23.8 Å². The van der Waals surface area contributed by atoms with E-state index in [0.29, 0.717) is 22.3 Å². The van der Waals surface area contributed by atoms with Gasteiger partial charge in [0.05, 0.1) is 24.2 Å². The Bertz CT molecular complexity index is 761. The van der Waals surface area contributed by atoms with E-state index in [4.69, 9.17) is 24.6 Å². The van der Waals surface area contributed by atoms with Crippen LogP contribution in [0.5, 0.6) is 0 Å². The van der Waals surface area contributed by atoms with Gasteiger partial charge in [-0.15, -0.1) is 0 Å². The predicted molar refractivity (Wildman–Crippen MR) is 69.7 cm³/mol. The number of rotatable bonds is 0. The Kier molecular flexibility index (Phi) is 4.91. The van der Waals surface area contributed by atoms with Gasteiger partial charge in [0, 0.05) is 17.3 Å². The Labute approximate surface area is 124 Å². The van der Waals surface area contributed by atoms with Gasteiger partial charge in [0.15, 0.2) is 11.0 Å². The summed E-state index contributed by atoms with van der Waals surface area (Å²) in [5.74, 6) is -0.704. The zero-order chi connectivity index (χ0) is 16.6. The SMILES string of the molecule is CS(=O)(=O)[O-].Cn1c(C(F)(F)F)[n+](C)c2ccc(Cl)cc21. The van der Waals surface area contributed by atoms with E-state index in [1.165, 1.54) is 20.2 Å². The Morgan fingerprint density at radius 2 is 1.81 bits per heavy atom. The molecule has 0 unspecified atom stereocenters. The van der Waals surface area contributed by atoms with Gasteiger partial charge >= 0.3 is 12.0 Å². The average Bonchev–Trinajstić information content (AvgIpc) is 2.47. The minimum absolute atomic E-state index is 0.419. The highest BCUT2D eigenvalue weighted by atomic mass is 35.5. The first kappa shape index (κ1) is 17.7. The molecule has 1 aromatic heterocycles. The summed E-state index contributed by atoms with van der Waals surface area (Å²) in [6.07, 6.45) is -3.78. The monoisotopic (exact) mass is 344 g/mol. The molecule has 0 N–H and O–H groups in total. The van der Waals surface area contributed by atoms with Crippen molar-refractivity contribution in [3.8, 4) is 0 Å². The second-order valence-electron chi connectivity index (χ2n) is 4.28. The Morgan fingerprint density at radius 3 is 2.24 bits per heavy atom. The molecule has 0 fully saturated rings. The van der Waals surface area contributed by atoms with Crippen molar-refractivity contribution < 1.29 is 30.7 Å². The van der Waals surface area contributed by atoms with Crippen LogP contribution in [0.15, 0.2) is 18.2 Å². The minimum atomic E-state index is -4.38. The largest absolute Gasteiger partial charge is 0.748 e. The lowest BCUT2D eigenvalue weighted by molar-refractivity contribution is -0.667. The lowest BCUT2D eigenvalue weighted by atomic mass is 10.3. The number of alkyl halides is 3. The Morgan fingerprint density at radius 1 is 1.33 bits per heavy atom. The lowest BCUT2D eigenvalue weighted by Gasteiger charge is -2.01. The zero-order valence-corrected chi connectivity index (χ0v) is 12.8. The third-order valence-electron chi connectivity index (χ3n) is 2.55. The van der Waals surface area contributed by atoms with Crippen LogP contribution < -0.4 is 4.57 Å². The smallest absolute Gasteiger partial charge is 0.495 e. The van der Waals surface area contributed by atoms with Gasteiger partial charge in [-0.05, 0) is 12.1 Å². The normalized spacial score (nSPS) is 12.2. The van der Waals surface area contributed by atoms with E-state index in [1.807, 2.05) is 0 Å². The first-order chi connectivity index (χ1) is 9.32. The molecule has 10 heteroatoms. The molecule has 2 rings (SSSR count). The summed E-state index contributed by atoms with van der Waals surface area (Å²) in [5, 5.41) is 0.419. The van der Waals surface area contributed by atoms with Crippen LogP contribution in [0, 0.1) is 0 Å². The molecule has 0 aliphatic heterocycles. The van der Waals surface area contributed by atoms with Crippen LogP contribution in [0.4, 0.5) is 13.2 Å². The number of benzene rings is 1. The molecule has 21 heavy (non-hydrogen) atoms. The standard InChI is InChI=1S/C10H9ClF3N2.CH4O3S/c1-15-7-4-3-6(11)5-8(7)16(2)9(15)10(12,13)14;1-5(2,3)4/h3-5H,1-2H3;1H3,(H,2,3,4)/q+1;/p-1. The van der Waals surface area contributed by atoms with Crippen molar-refractivity contribution in [3.05, 3.63) is 29.0 Å². The number of halogens is 4. The molecular formula is C11H12ClF3N2O3S. The van der Waals surface area contributed by atoms with Gasteiger partial charge in [0.1, 0.15) is 0 Å². The van der Waals surface area contributed by atoms with Crippen molar-refractivity contribution in [1.82, 2.24) is 4.57 Å². The highest BCUT2D eigenvalue weighted by Crippen LogP contribution is 2.29. The fraction of sp³-hybridized carbons (Fsp3) is 0.364. The van der Waals surface area contributed by atoms with Crippen molar-refractivity contribution >= 4 is 32.8 Å². The van der Waals surface area contributed by atoms with Crippen molar-refractivity contribution in [2.45, 2.75) is 6.18 Å². The van der Waals surface area contributed by atoms with E-state index in [2.05, 4.69) is 0 Å². The average molecular weight is 345 g/mol. The zero-order valence-electron chi connectivity index (χ0n) is 11.3. The van der Waals surface area contributed by atoms with Crippen molar-refractivity contribution in [3.63, 3.8) is 0 Å². The Balaban J connectivity index is 0.000000383. The Hall–Kier alpha value is -1.32. The summed E-state index contributed by atoms with van der Waals surface area (Å²) in [4.78, 5) is 0. The molecule has 0 atom stereocenters. The van der Waals surface area contributed by atoms with Gasteiger partial charge in [-0.25, -0.2) is 17.6 Å². The molecule has 0 bridgehead atoms. The molecule has 0 radical (unpaired) electrons. The number of nitrogens with zero attached hydrogens (tertiary/aromatic N) is 2. The number of imidazole rings is 1. The molecular weight excluding hydrogens is 333 g/mol. The number of aryl methyl sites for hydroxylation is 2. The van der Waals surface area contributed by atoms with Crippen molar-refractivity contribution in [1.29, 1.82) is 0 Å². The number of aromatic nitrogens is 2. The lowest BCUT2D eigenvalue weighted by Crippen LogP contribution is -2.37. The fourth-order valence-electron chi connectivity index (χ4n) is 1.88. The molecule has 1 aromatic carbocycles. The predicted octanol–water partition coefficient (Wildman–Crippen LogP) is 1.84. The van der Waals surface area contributed by atoms with Crippen LogP contribution in [0.25, 0.3) is 11.0 Å². The molecule has 2 aromatic rings. The van der Waals surface area contributed by atoms with Crippen LogP contribution in [0.2, 0.25) is 5.02 Å². The van der Waals surface area contributed by atoms with Gasteiger partial charge in [-0.3, -0.25) is 0 Å². The van der Waals surface area contributed by atoms with Crippen LogP contribution >= 0.6 is 11.6 Å². The summed E-state index contributed by atoms with van der Waals surface area (Å²) in [7, 11) is -1.15. The van der Waals surface area contributed by atoms with E-state index >= 15 is 0 Å². The van der Waals surface area contributed by atoms with E-state index < -0.39 is 22.1 Å². The molecule has 0 aliphatic rings. The molecule has 5 nitrogen and oxygen atoms in total. The highest BCUT2D eigenvalue weighted by molar-refractivity contribution is 7.84. The van der Waals surface area contributed by atoms with Crippen LogP contribution in [0.3, 0.4) is 0 Å². The summed E-state index contributed by atoms with van der Waals surface area (Å²) in [5.41, 5.74) is 0.960. The fourth-order valence-corrected chi connectivity index (χ4v) is 2.05. The number of fused-ring (bicyclic) bond motifs is 1. The summed E-state index contributed by atoms with van der Waals surface area (Å²) < 4.78 is 67.8. The van der Waals surface area contributed by atoms with E-state index in [-0.39, 0.29) is 0 Å². The minimum Gasteiger partial charge on any atom is -0.748 e. The maximum atomic E-state index is 12.8. The molecule has 0 saturated carbocycles. The van der Waals surface area contributed by atoms with Gasteiger partial charge in [-0.2, -0.15) is 13.2 Å². The first-order valence-corrected chi connectivity index (χ1v) is 7.64. The van der Waals surface area contributed by atoms with Gasteiger partial charge in [0.25, 0.3) is 0 Å². The maximum Gasteiger partial charge on any atom is 0.495 e. The van der Waals surface area contributed by atoms with Crippen molar-refractivity contribution in [2.24, 2.45) is 14.1 Å². The van der Waals surface area contributed by atoms with E-state index in [0.717, 1.165) is 9.13 Å². The third-order valence-corrected chi connectivity index (χ3v) is 2.78. The van der Waals surface area contributed by atoms with E-state index in [1.54, 1.807) is 12.1 Å². The molecule has 118 valence electrons. The topological polar surface area (TPSA) is 66.0 Å².